The lowest BCUT2D eigenvalue weighted by atomic mass is 9.44. The first-order valence-corrected chi connectivity index (χ1v) is 9.60. The molecule has 0 N–H and O–H groups in total. The number of hydrogen-bond acceptors (Lipinski definition) is 0. The molecule has 22 heavy (non-hydrogen) atoms. The Hall–Kier alpha value is -0.520. The van der Waals surface area contributed by atoms with Crippen molar-refractivity contribution in [2.24, 2.45) is 39.4 Å². The topological polar surface area (TPSA) is 0 Å². The van der Waals surface area contributed by atoms with Gasteiger partial charge in [-0.1, -0.05) is 58.8 Å². The van der Waals surface area contributed by atoms with Crippen LogP contribution >= 0.6 is 0 Å². The van der Waals surface area contributed by atoms with Gasteiger partial charge in [-0.3, -0.25) is 0 Å². The van der Waals surface area contributed by atoms with Crippen LogP contribution in [-0.4, -0.2) is 0 Å². The second kappa shape index (κ2) is 3.45. The average Bonchev–Trinajstić information content (AvgIpc) is 2.97. The Labute approximate surface area is 136 Å². The summed E-state index contributed by atoms with van der Waals surface area (Å²) in [6.07, 6.45) is 9.97. The van der Waals surface area contributed by atoms with Gasteiger partial charge in [0.25, 0.3) is 0 Å². The van der Waals surface area contributed by atoms with Crippen LogP contribution in [0.3, 0.4) is 0 Å². The Morgan fingerprint density at radius 1 is 0.909 bits per heavy atom. The maximum Gasteiger partial charge on any atom is 0.00534 e. The van der Waals surface area contributed by atoms with E-state index in [4.69, 9.17) is 0 Å². The molecule has 0 aliphatic heterocycles. The minimum atomic E-state index is 0.455. The molecule has 0 radical (unpaired) electrons. The van der Waals surface area contributed by atoms with Crippen LogP contribution in [0.15, 0.2) is 22.8 Å². The van der Waals surface area contributed by atoms with Crippen LogP contribution in [0.5, 0.6) is 0 Å². The molecule has 0 heterocycles. The molecule has 0 amide bonds. The molecule has 4 bridgehead atoms. The Morgan fingerprint density at radius 3 is 2.27 bits per heavy atom. The standard InChI is InChI=1S/C22H32/c1-19(2)12-13-7-9-21(19,5)15-11-16-18(17(13)15)14-8-10-22(16,6)20(14,3)4/h11,13-14,17H,7-10,12H2,1-6H3/t13-,14-,17-,21-,22-/m0/s1. The van der Waals surface area contributed by atoms with Crippen molar-refractivity contribution in [2.75, 3.05) is 0 Å². The molecule has 120 valence electrons. The van der Waals surface area contributed by atoms with Crippen LogP contribution in [0.4, 0.5) is 0 Å². The normalized spacial score (nSPS) is 52.8. The van der Waals surface area contributed by atoms with Gasteiger partial charge in [-0.2, -0.15) is 0 Å². The molecule has 0 unspecified atom stereocenters. The van der Waals surface area contributed by atoms with Crippen molar-refractivity contribution in [3.8, 4) is 0 Å². The lowest BCUT2D eigenvalue weighted by Crippen LogP contribution is -2.52. The Bertz CT molecular complexity index is 643. The highest BCUT2D eigenvalue weighted by atomic mass is 14.7. The summed E-state index contributed by atoms with van der Waals surface area (Å²) >= 11 is 0. The second-order valence-corrected chi connectivity index (χ2v) is 10.8. The van der Waals surface area contributed by atoms with Crippen molar-refractivity contribution >= 4 is 0 Å². The predicted molar refractivity (Wildman–Crippen MR) is 92.4 cm³/mol. The first kappa shape index (κ1) is 13.9. The molecule has 0 aromatic carbocycles. The third-order valence-electron chi connectivity index (χ3n) is 9.87. The highest BCUT2D eigenvalue weighted by Gasteiger charge is 2.67. The first-order valence-electron chi connectivity index (χ1n) is 9.60. The fraction of sp³-hybridized carbons (Fsp3) is 0.818. The van der Waals surface area contributed by atoms with Gasteiger partial charge >= 0.3 is 0 Å². The van der Waals surface area contributed by atoms with Crippen LogP contribution in [0.2, 0.25) is 0 Å². The van der Waals surface area contributed by atoms with E-state index in [2.05, 4.69) is 47.6 Å². The van der Waals surface area contributed by atoms with E-state index in [0.717, 1.165) is 17.8 Å². The van der Waals surface area contributed by atoms with Crippen molar-refractivity contribution in [3.05, 3.63) is 22.8 Å². The van der Waals surface area contributed by atoms with Crippen LogP contribution in [0.1, 0.15) is 73.6 Å². The number of allylic oxidation sites excluding steroid dienone is 4. The van der Waals surface area contributed by atoms with Gasteiger partial charge in [-0.25, -0.2) is 0 Å². The van der Waals surface area contributed by atoms with Gasteiger partial charge in [-0.15, -0.1) is 0 Å². The third kappa shape index (κ3) is 1.14. The Balaban J connectivity index is 1.71. The summed E-state index contributed by atoms with van der Waals surface area (Å²) in [7, 11) is 0. The zero-order chi connectivity index (χ0) is 15.7. The molecule has 4 fully saturated rings. The number of hydrogen-bond donors (Lipinski definition) is 0. The molecule has 0 aromatic rings. The average molecular weight is 296 g/mol. The molecule has 6 rings (SSSR count). The summed E-state index contributed by atoms with van der Waals surface area (Å²) in [6, 6.07) is 0. The monoisotopic (exact) mass is 296 g/mol. The lowest BCUT2D eigenvalue weighted by molar-refractivity contribution is -0.0263. The molecule has 6 aliphatic carbocycles. The molecular formula is C22H32. The minimum Gasteiger partial charge on any atom is -0.0591 e. The predicted octanol–water partition coefficient (Wildman–Crippen LogP) is 6.14. The van der Waals surface area contributed by atoms with E-state index in [1.165, 1.54) is 32.1 Å². The smallest absolute Gasteiger partial charge is 0.00534 e. The zero-order valence-electron chi connectivity index (χ0n) is 15.3. The van der Waals surface area contributed by atoms with E-state index < -0.39 is 0 Å². The maximum atomic E-state index is 2.74. The van der Waals surface area contributed by atoms with Crippen LogP contribution < -0.4 is 0 Å². The van der Waals surface area contributed by atoms with Gasteiger partial charge in [-0.05, 0) is 71.2 Å². The van der Waals surface area contributed by atoms with E-state index in [0.29, 0.717) is 21.7 Å². The molecule has 0 heteroatoms. The zero-order valence-corrected chi connectivity index (χ0v) is 15.3. The molecule has 0 aromatic heterocycles. The lowest BCUT2D eigenvalue weighted by Gasteiger charge is -2.61. The van der Waals surface area contributed by atoms with E-state index in [9.17, 15) is 0 Å². The third-order valence-corrected chi connectivity index (χ3v) is 9.87. The first-order chi connectivity index (χ1) is 10.1. The van der Waals surface area contributed by atoms with Gasteiger partial charge in [0.05, 0.1) is 0 Å². The van der Waals surface area contributed by atoms with Gasteiger partial charge in [0.15, 0.2) is 0 Å². The van der Waals surface area contributed by atoms with Gasteiger partial charge in [0.1, 0.15) is 0 Å². The maximum absolute atomic E-state index is 2.74. The molecular weight excluding hydrogens is 264 g/mol. The molecule has 4 saturated carbocycles. The van der Waals surface area contributed by atoms with E-state index in [1.54, 1.807) is 0 Å². The van der Waals surface area contributed by atoms with E-state index in [1.807, 2.05) is 16.7 Å². The van der Waals surface area contributed by atoms with Gasteiger partial charge in [0, 0.05) is 5.92 Å². The summed E-state index contributed by atoms with van der Waals surface area (Å²) < 4.78 is 0. The highest BCUT2D eigenvalue weighted by molar-refractivity contribution is 5.57. The van der Waals surface area contributed by atoms with Crippen molar-refractivity contribution < 1.29 is 0 Å². The number of rotatable bonds is 0. The highest BCUT2D eigenvalue weighted by Crippen LogP contribution is 2.77. The van der Waals surface area contributed by atoms with E-state index >= 15 is 0 Å². The second-order valence-electron chi connectivity index (χ2n) is 10.8. The summed E-state index contributed by atoms with van der Waals surface area (Å²) in [5.74, 6) is 2.65. The molecule has 6 aliphatic rings. The van der Waals surface area contributed by atoms with Gasteiger partial charge < -0.3 is 0 Å². The summed E-state index contributed by atoms with van der Waals surface area (Å²) in [4.78, 5) is 0. The molecule has 0 nitrogen and oxygen atoms in total. The molecule has 0 spiro atoms. The van der Waals surface area contributed by atoms with Crippen LogP contribution in [-0.2, 0) is 0 Å². The van der Waals surface area contributed by atoms with Gasteiger partial charge in [0.2, 0.25) is 0 Å². The molecule has 0 saturated heterocycles. The summed E-state index contributed by atoms with van der Waals surface area (Å²) in [5, 5.41) is 0. The Kier molecular flexibility index (Phi) is 2.17. The largest absolute Gasteiger partial charge is 0.0591 e. The Morgan fingerprint density at radius 2 is 1.59 bits per heavy atom. The summed E-state index contributed by atoms with van der Waals surface area (Å²) in [5.41, 5.74) is 7.50. The van der Waals surface area contributed by atoms with Crippen molar-refractivity contribution in [3.63, 3.8) is 0 Å². The summed E-state index contributed by atoms with van der Waals surface area (Å²) in [6.45, 7) is 15.4. The quantitative estimate of drug-likeness (QED) is 0.503. The van der Waals surface area contributed by atoms with Crippen LogP contribution in [0.25, 0.3) is 0 Å². The fourth-order valence-electron chi connectivity index (χ4n) is 7.70. The van der Waals surface area contributed by atoms with Crippen LogP contribution in [0, 0.1) is 39.4 Å². The minimum absolute atomic E-state index is 0.455. The van der Waals surface area contributed by atoms with Crippen molar-refractivity contribution in [2.45, 2.75) is 73.6 Å². The molecule has 5 atom stereocenters. The fourth-order valence-corrected chi connectivity index (χ4v) is 7.70. The van der Waals surface area contributed by atoms with Crippen molar-refractivity contribution in [1.82, 2.24) is 0 Å². The van der Waals surface area contributed by atoms with Crippen molar-refractivity contribution in [1.29, 1.82) is 0 Å². The SMILES string of the molecule is CC1(C)C[C@@H]2CC[C@@]1(C)C1=CC3=C([C@H]12)[C@@H]1CC[C@]3(C)C1(C)C. The number of fused-ring (bicyclic) bond motifs is 6. The van der Waals surface area contributed by atoms with E-state index in [-0.39, 0.29) is 0 Å².